The Hall–Kier alpha value is -2.31. The Morgan fingerprint density at radius 2 is 1.72 bits per heavy atom. The number of amides is 1. The van der Waals surface area contributed by atoms with Crippen molar-refractivity contribution in [3.63, 3.8) is 0 Å². The Morgan fingerprint density at radius 3 is 2.28 bits per heavy atom. The summed E-state index contributed by atoms with van der Waals surface area (Å²) in [4.78, 5) is 35.7. The summed E-state index contributed by atoms with van der Waals surface area (Å²) in [6, 6.07) is 5.74. The van der Waals surface area contributed by atoms with Gasteiger partial charge in [-0.25, -0.2) is 9.59 Å². The SMILES string of the molecule is Cc1cc(=O)oc(C)c1C(=O)OC(C)C(=O)Nc1cc(Cl)cc(Cl)c1. The summed E-state index contributed by atoms with van der Waals surface area (Å²) in [6.07, 6.45) is -1.09. The predicted molar refractivity (Wildman–Crippen MR) is 94.4 cm³/mol. The first-order valence-corrected chi connectivity index (χ1v) is 8.02. The van der Waals surface area contributed by atoms with E-state index in [1.165, 1.54) is 38.1 Å². The molecule has 6 nitrogen and oxygen atoms in total. The molecule has 0 aliphatic rings. The van der Waals surface area contributed by atoms with Crippen LogP contribution in [0.2, 0.25) is 10.0 Å². The molecule has 132 valence electrons. The quantitative estimate of drug-likeness (QED) is 0.812. The van der Waals surface area contributed by atoms with Crippen molar-refractivity contribution < 1.29 is 18.7 Å². The Kier molecular flexibility index (Phi) is 5.87. The first kappa shape index (κ1) is 19.0. The number of hydrogen-bond donors (Lipinski definition) is 1. The second-order valence-electron chi connectivity index (χ2n) is 5.37. The molecule has 2 aromatic rings. The number of hydrogen-bond acceptors (Lipinski definition) is 5. The highest BCUT2D eigenvalue weighted by Gasteiger charge is 2.23. The fourth-order valence-electron chi connectivity index (χ4n) is 2.21. The fraction of sp³-hybridized carbons (Fsp3) is 0.235. The lowest BCUT2D eigenvalue weighted by molar-refractivity contribution is -0.123. The standard InChI is InChI=1S/C17H15Cl2NO5/c1-8-4-14(21)24-9(2)15(8)17(23)25-10(3)16(22)20-13-6-11(18)5-12(19)7-13/h4-7,10H,1-3H3,(H,20,22). The van der Waals surface area contributed by atoms with Crippen molar-refractivity contribution in [2.75, 3.05) is 5.32 Å². The summed E-state index contributed by atoms with van der Waals surface area (Å²) < 4.78 is 10.0. The van der Waals surface area contributed by atoms with E-state index in [1.54, 1.807) is 6.92 Å². The van der Waals surface area contributed by atoms with Crippen molar-refractivity contribution in [1.82, 2.24) is 0 Å². The highest BCUT2D eigenvalue weighted by atomic mass is 35.5. The van der Waals surface area contributed by atoms with Gasteiger partial charge >= 0.3 is 11.6 Å². The van der Waals surface area contributed by atoms with Crippen LogP contribution in [0.5, 0.6) is 0 Å². The van der Waals surface area contributed by atoms with Crippen LogP contribution in [0, 0.1) is 13.8 Å². The maximum absolute atomic E-state index is 12.3. The van der Waals surface area contributed by atoms with Crippen molar-refractivity contribution in [3.05, 3.63) is 61.6 Å². The second-order valence-corrected chi connectivity index (χ2v) is 6.25. The van der Waals surface area contributed by atoms with Gasteiger partial charge in [-0.15, -0.1) is 0 Å². The molecular formula is C17H15Cl2NO5. The van der Waals surface area contributed by atoms with Gasteiger partial charge in [0.25, 0.3) is 5.91 Å². The molecule has 0 saturated heterocycles. The zero-order chi connectivity index (χ0) is 18.7. The molecule has 1 aromatic heterocycles. The Morgan fingerprint density at radius 1 is 1.12 bits per heavy atom. The first-order chi connectivity index (χ1) is 11.7. The summed E-state index contributed by atoms with van der Waals surface area (Å²) in [6.45, 7) is 4.48. The number of esters is 1. The molecule has 0 saturated carbocycles. The molecule has 0 spiro atoms. The smallest absolute Gasteiger partial charge is 0.342 e. The predicted octanol–water partition coefficient (Wildman–Crippen LogP) is 3.75. The van der Waals surface area contributed by atoms with E-state index in [4.69, 9.17) is 32.4 Å². The zero-order valence-electron chi connectivity index (χ0n) is 13.7. The average molecular weight is 384 g/mol. The van der Waals surface area contributed by atoms with Crippen LogP contribution in [0.4, 0.5) is 5.69 Å². The molecule has 0 aliphatic heterocycles. The number of carbonyl (C=O) groups is 2. The van der Waals surface area contributed by atoms with E-state index in [2.05, 4.69) is 5.32 Å². The number of benzene rings is 1. The second kappa shape index (κ2) is 7.72. The van der Waals surface area contributed by atoms with Gasteiger partial charge in [-0.3, -0.25) is 4.79 Å². The fourth-order valence-corrected chi connectivity index (χ4v) is 2.73. The van der Waals surface area contributed by atoms with Crippen LogP contribution in [0.1, 0.15) is 28.6 Å². The lowest BCUT2D eigenvalue weighted by Crippen LogP contribution is -2.30. The van der Waals surface area contributed by atoms with Crippen LogP contribution < -0.4 is 10.9 Å². The summed E-state index contributed by atoms with van der Waals surface area (Å²) in [5, 5.41) is 3.28. The molecule has 1 aromatic carbocycles. The number of carbonyl (C=O) groups excluding carboxylic acids is 2. The molecule has 0 bridgehead atoms. The van der Waals surface area contributed by atoms with E-state index in [0.717, 1.165) is 0 Å². The van der Waals surface area contributed by atoms with Gasteiger partial charge in [0, 0.05) is 21.8 Å². The molecule has 0 fully saturated rings. The maximum atomic E-state index is 12.3. The van der Waals surface area contributed by atoms with Crippen molar-refractivity contribution in [2.24, 2.45) is 0 Å². The van der Waals surface area contributed by atoms with Gasteiger partial charge < -0.3 is 14.5 Å². The molecule has 1 unspecified atom stereocenters. The van der Waals surface area contributed by atoms with E-state index < -0.39 is 23.6 Å². The average Bonchev–Trinajstić information content (AvgIpc) is 2.44. The normalized spacial score (nSPS) is 11.7. The van der Waals surface area contributed by atoms with E-state index in [0.29, 0.717) is 21.3 Å². The Labute approximate surface area is 153 Å². The number of rotatable bonds is 4. The number of nitrogens with one attached hydrogen (secondary N) is 1. The van der Waals surface area contributed by atoms with Crippen LogP contribution in [0.25, 0.3) is 0 Å². The minimum atomic E-state index is -1.09. The summed E-state index contributed by atoms with van der Waals surface area (Å²) >= 11 is 11.7. The largest absolute Gasteiger partial charge is 0.449 e. The molecule has 1 heterocycles. The topological polar surface area (TPSA) is 85.6 Å². The van der Waals surface area contributed by atoms with Gasteiger partial charge in [0.2, 0.25) is 0 Å². The van der Waals surface area contributed by atoms with Crippen molar-refractivity contribution >= 4 is 40.8 Å². The van der Waals surface area contributed by atoms with E-state index in [9.17, 15) is 14.4 Å². The summed E-state index contributed by atoms with van der Waals surface area (Å²) in [7, 11) is 0. The van der Waals surface area contributed by atoms with Crippen LogP contribution in [-0.4, -0.2) is 18.0 Å². The lowest BCUT2D eigenvalue weighted by atomic mass is 10.1. The molecule has 8 heteroatoms. The van der Waals surface area contributed by atoms with Gasteiger partial charge in [-0.05, 0) is 44.5 Å². The first-order valence-electron chi connectivity index (χ1n) is 7.26. The molecule has 1 N–H and O–H groups in total. The number of ether oxygens (including phenoxy) is 1. The Balaban J connectivity index is 2.11. The van der Waals surface area contributed by atoms with Crippen molar-refractivity contribution in [1.29, 1.82) is 0 Å². The van der Waals surface area contributed by atoms with Crippen molar-refractivity contribution in [2.45, 2.75) is 26.9 Å². The number of halogens is 2. The number of anilines is 1. The number of aryl methyl sites for hydroxylation is 2. The van der Waals surface area contributed by atoms with Crippen LogP contribution in [0.3, 0.4) is 0 Å². The summed E-state index contributed by atoms with van der Waals surface area (Å²) in [5.41, 5.74) is 0.344. The van der Waals surface area contributed by atoms with Crippen LogP contribution >= 0.6 is 23.2 Å². The molecule has 1 atom stereocenters. The minimum Gasteiger partial charge on any atom is -0.449 e. The van der Waals surface area contributed by atoms with E-state index in [1.807, 2.05) is 0 Å². The van der Waals surface area contributed by atoms with E-state index in [-0.39, 0.29) is 11.3 Å². The highest BCUT2D eigenvalue weighted by molar-refractivity contribution is 6.35. The Bertz CT molecular complexity index is 845. The molecule has 1 amide bonds. The third-order valence-electron chi connectivity index (χ3n) is 3.32. The molecule has 0 radical (unpaired) electrons. The molecule has 0 aliphatic carbocycles. The van der Waals surface area contributed by atoms with Gasteiger partial charge in [0.1, 0.15) is 11.3 Å². The van der Waals surface area contributed by atoms with Crippen LogP contribution in [-0.2, 0) is 9.53 Å². The van der Waals surface area contributed by atoms with E-state index >= 15 is 0 Å². The third-order valence-corrected chi connectivity index (χ3v) is 3.76. The molecular weight excluding hydrogens is 369 g/mol. The van der Waals surface area contributed by atoms with Gasteiger partial charge in [-0.2, -0.15) is 0 Å². The zero-order valence-corrected chi connectivity index (χ0v) is 15.2. The van der Waals surface area contributed by atoms with Gasteiger partial charge in [0.05, 0.1) is 0 Å². The molecule has 2 rings (SSSR count). The van der Waals surface area contributed by atoms with Gasteiger partial charge in [-0.1, -0.05) is 23.2 Å². The van der Waals surface area contributed by atoms with Crippen molar-refractivity contribution in [3.8, 4) is 0 Å². The van der Waals surface area contributed by atoms with Gasteiger partial charge in [0.15, 0.2) is 6.10 Å². The maximum Gasteiger partial charge on any atom is 0.342 e. The monoisotopic (exact) mass is 383 g/mol. The minimum absolute atomic E-state index is 0.116. The third kappa shape index (κ3) is 4.84. The highest BCUT2D eigenvalue weighted by Crippen LogP contribution is 2.22. The van der Waals surface area contributed by atoms with Crippen LogP contribution in [0.15, 0.2) is 33.5 Å². The lowest BCUT2D eigenvalue weighted by Gasteiger charge is -2.15. The summed E-state index contributed by atoms with van der Waals surface area (Å²) in [5.74, 6) is -1.19. The molecule has 25 heavy (non-hydrogen) atoms.